The number of nitrogens with zero attached hydrogens (tertiary/aromatic N) is 2. The Balaban J connectivity index is 1.44. The molecule has 1 fully saturated rings. The molecule has 0 radical (unpaired) electrons. The molecule has 0 atom stereocenters. The maximum atomic E-state index is 14.0. The fourth-order valence-corrected chi connectivity index (χ4v) is 3.96. The van der Waals surface area contributed by atoms with Gasteiger partial charge in [-0.3, -0.25) is 9.69 Å². The lowest BCUT2D eigenvalue weighted by atomic mass is 10.2. The molecule has 31 heavy (non-hydrogen) atoms. The summed E-state index contributed by atoms with van der Waals surface area (Å²) in [5.74, 6) is -1.09. The minimum atomic E-state index is -0.582. The predicted molar refractivity (Wildman–Crippen MR) is 118 cm³/mol. The van der Waals surface area contributed by atoms with Crippen LogP contribution >= 0.6 is 11.6 Å². The molecular formula is C22H22ClFN4O3. The van der Waals surface area contributed by atoms with Crippen molar-refractivity contribution in [3.8, 4) is 0 Å². The standard InChI is InChI=1S/C22H22ClFN4O3/c1-31-22(30)21-20(15-12-14(23)6-7-17(15)25-21)26-19(29)13-27-8-10-28(11-9-27)18-5-3-2-4-16(18)24/h2-7,12,25H,8-11,13H2,1H3,(H,26,29). The number of carbonyl (C=O) groups excluding carboxylic acids is 2. The van der Waals surface area contributed by atoms with Crippen LogP contribution in [0.1, 0.15) is 10.5 Å². The highest BCUT2D eigenvalue weighted by Gasteiger charge is 2.24. The number of para-hydroxylation sites is 1. The molecule has 1 aromatic heterocycles. The number of amides is 1. The minimum absolute atomic E-state index is 0.152. The number of anilines is 2. The van der Waals surface area contributed by atoms with Gasteiger partial charge in [-0.25, -0.2) is 9.18 Å². The van der Waals surface area contributed by atoms with Crippen LogP contribution in [0, 0.1) is 5.82 Å². The summed E-state index contributed by atoms with van der Waals surface area (Å²) in [7, 11) is 1.28. The third-order valence-corrected chi connectivity index (χ3v) is 5.58. The first kappa shape index (κ1) is 21.1. The molecule has 0 bridgehead atoms. The number of hydrogen-bond acceptors (Lipinski definition) is 5. The van der Waals surface area contributed by atoms with Crippen LogP contribution in [-0.2, 0) is 9.53 Å². The van der Waals surface area contributed by atoms with E-state index in [1.165, 1.54) is 13.2 Å². The number of ether oxygens (including phenoxy) is 1. The quantitative estimate of drug-likeness (QED) is 0.589. The highest BCUT2D eigenvalue weighted by molar-refractivity contribution is 6.31. The van der Waals surface area contributed by atoms with Gasteiger partial charge in [0.2, 0.25) is 5.91 Å². The second-order valence-electron chi connectivity index (χ2n) is 7.32. The zero-order chi connectivity index (χ0) is 22.0. The van der Waals surface area contributed by atoms with Gasteiger partial charge in [0.15, 0.2) is 0 Å². The van der Waals surface area contributed by atoms with E-state index in [9.17, 15) is 14.0 Å². The molecule has 1 amide bonds. The van der Waals surface area contributed by atoms with Gasteiger partial charge in [-0.2, -0.15) is 0 Å². The van der Waals surface area contributed by atoms with Gasteiger partial charge in [0.05, 0.1) is 25.0 Å². The molecule has 2 N–H and O–H groups in total. The van der Waals surface area contributed by atoms with Gasteiger partial charge in [-0.05, 0) is 30.3 Å². The fourth-order valence-electron chi connectivity index (χ4n) is 3.79. The Morgan fingerprint density at radius 3 is 2.61 bits per heavy atom. The minimum Gasteiger partial charge on any atom is -0.464 e. The van der Waals surface area contributed by atoms with E-state index in [1.807, 2.05) is 15.9 Å². The molecule has 2 heterocycles. The average molecular weight is 445 g/mol. The number of halogens is 2. The molecule has 1 saturated heterocycles. The number of aromatic amines is 1. The van der Waals surface area contributed by atoms with Crippen molar-refractivity contribution < 1.29 is 18.7 Å². The SMILES string of the molecule is COC(=O)c1[nH]c2ccc(Cl)cc2c1NC(=O)CN1CCN(c2ccccc2F)CC1. The van der Waals surface area contributed by atoms with E-state index >= 15 is 0 Å². The first-order valence-electron chi connectivity index (χ1n) is 9.87. The third kappa shape index (κ3) is 4.50. The number of aromatic nitrogens is 1. The normalized spacial score (nSPS) is 14.6. The lowest BCUT2D eigenvalue weighted by Crippen LogP contribution is -2.49. The molecule has 7 nitrogen and oxygen atoms in total. The van der Waals surface area contributed by atoms with Crippen molar-refractivity contribution in [2.75, 3.05) is 50.1 Å². The van der Waals surface area contributed by atoms with Crippen LogP contribution in [0.3, 0.4) is 0 Å². The second kappa shape index (κ2) is 8.95. The second-order valence-corrected chi connectivity index (χ2v) is 7.76. The smallest absolute Gasteiger partial charge is 0.356 e. The van der Waals surface area contributed by atoms with Gasteiger partial charge in [0.1, 0.15) is 11.5 Å². The summed E-state index contributed by atoms with van der Waals surface area (Å²) in [5.41, 5.74) is 1.75. The molecule has 3 aromatic rings. The van der Waals surface area contributed by atoms with Crippen LogP contribution in [-0.4, -0.2) is 61.6 Å². The molecule has 1 aliphatic heterocycles. The first-order chi connectivity index (χ1) is 15.0. The Morgan fingerprint density at radius 2 is 1.90 bits per heavy atom. The van der Waals surface area contributed by atoms with Gasteiger partial charge in [0, 0.05) is 42.1 Å². The summed E-state index contributed by atoms with van der Waals surface area (Å²) < 4.78 is 18.8. The summed E-state index contributed by atoms with van der Waals surface area (Å²) in [6.07, 6.45) is 0. The van der Waals surface area contributed by atoms with Crippen LogP contribution in [0.5, 0.6) is 0 Å². The number of carbonyl (C=O) groups is 2. The number of fused-ring (bicyclic) bond motifs is 1. The number of methoxy groups -OCH3 is 1. The third-order valence-electron chi connectivity index (χ3n) is 5.35. The number of rotatable bonds is 5. The van der Waals surface area contributed by atoms with Crippen molar-refractivity contribution in [1.82, 2.24) is 9.88 Å². The molecule has 0 unspecified atom stereocenters. The van der Waals surface area contributed by atoms with Crippen molar-refractivity contribution in [2.45, 2.75) is 0 Å². The molecule has 0 saturated carbocycles. The number of nitrogens with one attached hydrogen (secondary N) is 2. The van der Waals surface area contributed by atoms with Gasteiger partial charge in [-0.15, -0.1) is 0 Å². The maximum Gasteiger partial charge on any atom is 0.356 e. The first-order valence-corrected chi connectivity index (χ1v) is 10.3. The highest BCUT2D eigenvalue weighted by atomic mass is 35.5. The molecular weight excluding hydrogens is 423 g/mol. The summed E-state index contributed by atoms with van der Waals surface area (Å²) in [6, 6.07) is 11.8. The van der Waals surface area contributed by atoms with E-state index in [-0.39, 0.29) is 24.0 Å². The Hall–Kier alpha value is -3.10. The molecule has 0 spiro atoms. The Bertz CT molecular complexity index is 1130. The van der Waals surface area contributed by atoms with Crippen molar-refractivity contribution in [3.05, 3.63) is 59.0 Å². The Kier molecular flexibility index (Phi) is 6.11. The van der Waals surface area contributed by atoms with Crippen LogP contribution in [0.15, 0.2) is 42.5 Å². The Labute approximate surface area is 183 Å². The highest BCUT2D eigenvalue weighted by Crippen LogP contribution is 2.30. The van der Waals surface area contributed by atoms with Crippen molar-refractivity contribution in [3.63, 3.8) is 0 Å². The lowest BCUT2D eigenvalue weighted by Gasteiger charge is -2.35. The van der Waals surface area contributed by atoms with Crippen molar-refractivity contribution >= 4 is 45.8 Å². The average Bonchev–Trinajstić information content (AvgIpc) is 3.11. The van der Waals surface area contributed by atoms with E-state index < -0.39 is 5.97 Å². The van der Waals surface area contributed by atoms with Gasteiger partial charge in [0.25, 0.3) is 0 Å². The number of esters is 1. The zero-order valence-electron chi connectivity index (χ0n) is 17.0. The molecule has 0 aliphatic carbocycles. The maximum absolute atomic E-state index is 14.0. The van der Waals surface area contributed by atoms with E-state index in [0.29, 0.717) is 53.5 Å². The monoisotopic (exact) mass is 444 g/mol. The van der Waals surface area contributed by atoms with Gasteiger partial charge in [-0.1, -0.05) is 23.7 Å². The van der Waals surface area contributed by atoms with E-state index in [2.05, 4.69) is 10.3 Å². The number of H-pyrrole nitrogens is 1. The fraction of sp³-hybridized carbons (Fsp3) is 0.273. The summed E-state index contributed by atoms with van der Waals surface area (Å²) in [6.45, 7) is 2.62. The van der Waals surface area contributed by atoms with E-state index in [4.69, 9.17) is 16.3 Å². The Morgan fingerprint density at radius 1 is 1.16 bits per heavy atom. The molecule has 4 rings (SSSR count). The summed E-state index contributed by atoms with van der Waals surface area (Å²) in [5, 5.41) is 3.95. The van der Waals surface area contributed by atoms with Gasteiger partial charge < -0.3 is 19.9 Å². The molecule has 1 aliphatic rings. The summed E-state index contributed by atoms with van der Waals surface area (Å²) >= 11 is 6.10. The van der Waals surface area contributed by atoms with Crippen LogP contribution in [0.2, 0.25) is 5.02 Å². The topological polar surface area (TPSA) is 77.7 Å². The molecule has 9 heteroatoms. The molecule has 162 valence electrons. The lowest BCUT2D eigenvalue weighted by molar-refractivity contribution is -0.117. The number of benzene rings is 2. The van der Waals surface area contributed by atoms with Crippen LogP contribution in [0.25, 0.3) is 10.9 Å². The van der Waals surface area contributed by atoms with Crippen molar-refractivity contribution in [2.24, 2.45) is 0 Å². The van der Waals surface area contributed by atoms with Gasteiger partial charge >= 0.3 is 5.97 Å². The van der Waals surface area contributed by atoms with Crippen LogP contribution < -0.4 is 10.2 Å². The van der Waals surface area contributed by atoms with E-state index in [1.54, 1.807) is 30.3 Å². The summed E-state index contributed by atoms with van der Waals surface area (Å²) in [4.78, 5) is 31.9. The molecule has 2 aromatic carbocycles. The largest absolute Gasteiger partial charge is 0.464 e. The number of hydrogen-bond donors (Lipinski definition) is 2. The van der Waals surface area contributed by atoms with Crippen LogP contribution in [0.4, 0.5) is 15.8 Å². The zero-order valence-corrected chi connectivity index (χ0v) is 17.7. The predicted octanol–water partition coefficient (Wildman–Crippen LogP) is 3.51. The number of piperazine rings is 1. The van der Waals surface area contributed by atoms with E-state index in [0.717, 1.165) is 0 Å². The van der Waals surface area contributed by atoms with Crippen molar-refractivity contribution in [1.29, 1.82) is 0 Å².